The number of anilines is 1. The minimum Gasteiger partial charge on any atom is -0.492 e. The zero-order chi connectivity index (χ0) is 18.4. The summed E-state index contributed by atoms with van der Waals surface area (Å²) < 4.78 is 10.9. The van der Waals surface area contributed by atoms with E-state index in [1.54, 1.807) is 13.3 Å². The van der Waals surface area contributed by atoms with E-state index >= 15 is 0 Å². The molecule has 134 valence electrons. The van der Waals surface area contributed by atoms with Gasteiger partial charge in [0.05, 0.1) is 19.9 Å². The number of H-pyrrole nitrogens is 1. The van der Waals surface area contributed by atoms with Crippen LogP contribution in [0.3, 0.4) is 0 Å². The quantitative estimate of drug-likeness (QED) is 0.615. The lowest BCUT2D eigenvalue weighted by atomic mass is 9.92. The second-order valence-corrected chi connectivity index (χ2v) is 6.27. The van der Waals surface area contributed by atoms with Crippen LogP contribution in [0.2, 0.25) is 0 Å². The molecule has 0 unspecified atom stereocenters. The van der Waals surface area contributed by atoms with Gasteiger partial charge in [0.1, 0.15) is 5.69 Å². The molecule has 0 saturated carbocycles. The summed E-state index contributed by atoms with van der Waals surface area (Å²) in [7, 11) is 1.57. The van der Waals surface area contributed by atoms with Gasteiger partial charge in [0.15, 0.2) is 17.3 Å². The van der Waals surface area contributed by atoms with Crippen molar-refractivity contribution < 1.29 is 9.47 Å². The van der Waals surface area contributed by atoms with Gasteiger partial charge < -0.3 is 9.47 Å². The lowest BCUT2D eigenvalue weighted by Crippen LogP contribution is -2.24. The summed E-state index contributed by atoms with van der Waals surface area (Å²) in [6, 6.07) is 5.52. The Bertz CT molecular complexity index is 809. The van der Waals surface area contributed by atoms with Crippen LogP contribution in [0, 0.1) is 0 Å². The molecule has 0 amide bonds. The maximum Gasteiger partial charge on any atom is 0.363 e. The monoisotopic (exact) mass is 345 g/mol. The van der Waals surface area contributed by atoms with Gasteiger partial charge in [-0.2, -0.15) is 15.2 Å². The van der Waals surface area contributed by atoms with E-state index in [2.05, 4.69) is 25.7 Å². The molecular formula is C17H23N5O3. The first-order valence-electron chi connectivity index (χ1n) is 7.93. The lowest BCUT2D eigenvalue weighted by molar-refractivity contribution is 0.311. The lowest BCUT2D eigenvalue weighted by Gasteiger charge is -2.18. The van der Waals surface area contributed by atoms with Crippen molar-refractivity contribution in [3.63, 3.8) is 0 Å². The average Bonchev–Trinajstić information content (AvgIpc) is 2.54. The zero-order valence-electron chi connectivity index (χ0n) is 15.1. The molecule has 2 N–H and O–H groups in total. The summed E-state index contributed by atoms with van der Waals surface area (Å²) in [4.78, 5) is 15.4. The van der Waals surface area contributed by atoms with Crippen LogP contribution in [-0.2, 0) is 5.41 Å². The van der Waals surface area contributed by atoms with Crippen molar-refractivity contribution in [2.75, 3.05) is 19.1 Å². The van der Waals surface area contributed by atoms with Crippen molar-refractivity contribution in [3.8, 4) is 11.5 Å². The molecule has 2 aromatic rings. The van der Waals surface area contributed by atoms with Gasteiger partial charge in [0.25, 0.3) is 0 Å². The minimum atomic E-state index is -0.540. The Morgan fingerprint density at radius 1 is 1.36 bits per heavy atom. The van der Waals surface area contributed by atoms with Gasteiger partial charge in [-0.3, -0.25) is 5.43 Å². The average molecular weight is 345 g/mol. The molecule has 0 aliphatic carbocycles. The van der Waals surface area contributed by atoms with Crippen LogP contribution in [0.1, 0.15) is 39.0 Å². The number of hydrogen-bond acceptors (Lipinski definition) is 7. The number of rotatable bonds is 6. The third-order valence-electron chi connectivity index (χ3n) is 3.30. The number of hydrazone groups is 1. The molecule has 0 bridgehead atoms. The molecule has 2 rings (SSSR count). The SMILES string of the molecule is CCOc1cccc(/C=N/Nc2nc(=O)[nH]nc2C(C)(C)C)c1OC. The second kappa shape index (κ2) is 7.78. The van der Waals surface area contributed by atoms with Crippen LogP contribution in [0.4, 0.5) is 5.82 Å². The number of ether oxygens (including phenoxy) is 2. The molecule has 0 fully saturated rings. The molecule has 1 heterocycles. The highest BCUT2D eigenvalue weighted by molar-refractivity contribution is 5.85. The van der Waals surface area contributed by atoms with Crippen LogP contribution in [0.5, 0.6) is 11.5 Å². The molecule has 0 saturated heterocycles. The zero-order valence-corrected chi connectivity index (χ0v) is 15.1. The molecule has 1 aromatic heterocycles. The summed E-state index contributed by atoms with van der Waals surface area (Å²) in [5, 5.41) is 10.6. The third-order valence-corrected chi connectivity index (χ3v) is 3.30. The largest absolute Gasteiger partial charge is 0.492 e. The summed E-state index contributed by atoms with van der Waals surface area (Å²) in [5.41, 5.74) is 3.29. The topological polar surface area (TPSA) is 101 Å². The number of nitrogens with zero attached hydrogens (tertiary/aromatic N) is 3. The van der Waals surface area contributed by atoms with E-state index in [-0.39, 0.29) is 5.41 Å². The Labute approximate surface area is 146 Å². The maximum atomic E-state index is 11.5. The summed E-state index contributed by atoms with van der Waals surface area (Å²) in [6.07, 6.45) is 1.58. The number of hydrogen-bond donors (Lipinski definition) is 2. The van der Waals surface area contributed by atoms with Crippen molar-refractivity contribution in [2.45, 2.75) is 33.1 Å². The fourth-order valence-corrected chi connectivity index (χ4v) is 2.22. The van der Waals surface area contributed by atoms with E-state index in [9.17, 15) is 4.79 Å². The third kappa shape index (κ3) is 4.56. The predicted molar refractivity (Wildman–Crippen MR) is 96.7 cm³/mol. The first kappa shape index (κ1) is 18.4. The van der Waals surface area contributed by atoms with Crippen LogP contribution in [0.25, 0.3) is 0 Å². The molecule has 8 heteroatoms. The molecular weight excluding hydrogens is 322 g/mol. The van der Waals surface area contributed by atoms with Gasteiger partial charge in [-0.05, 0) is 19.1 Å². The van der Waals surface area contributed by atoms with E-state index in [0.29, 0.717) is 29.6 Å². The van der Waals surface area contributed by atoms with Crippen LogP contribution in [0.15, 0.2) is 28.1 Å². The van der Waals surface area contributed by atoms with E-state index in [1.807, 2.05) is 45.9 Å². The van der Waals surface area contributed by atoms with Gasteiger partial charge in [0, 0.05) is 11.0 Å². The highest BCUT2D eigenvalue weighted by Gasteiger charge is 2.21. The standard InChI is InChI=1S/C17H23N5O3/c1-6-25-12-9-7-8-11(13(12)24-5)10-18-21-15-14(17(2,3)4)20-22-16(23)19-15/h7-10H,6H2,1-5H3,(H2,19,21,22,23)/b18-10+. The van der Waals surface area contributed by atoms with Crippen LogP contribution >= 0.6 is 0 Å². The number of benzene rings is 1. The fraction of sp³-hybridized carbons (Fsp3) is 0.412. The van der Waals surface area contributed by atoms with Crippen molar-refractivity contribution in [1.29, 1.82) is 0 Å². The number of aromatic nitrogens is 3. The molecule has 0 spiro atoms. The molecule has 0 radical (unpaired) electrons. The molecule has 1 aromatic carbocycles. The van der Waals surface area contributed by atoms with E-state index in [4.69, 9.17) is 9.47 Å². The molecule has 0 atom stereocenters. The number of nitrogens with one attached hydrogen (secondary N) is 2. The molecule has 0 aliphatic rings. The maximum absolute atomic E-state index is 11.5. The molecule has 25 heavy (non-hydrogen) atoms. The van der Waals surface area contributed by atoms with Crippen molar-refractivity contribution in [1.82, 2.24) is 15.2 Å². The van der Waals surface area contributed by atoms with Gasteiger partial charge in [-0.15, -0.1) is 0 Å². The van der Waals surface area contributed by atoms with Gasteiger partial charge in [0.2, 0.25) is 0 Å². The minimum absolute atomic E-state index is 0.304. The number of para-hydroxylation sites is 1. The second-order valence-electron chi connectivity index (χ2n) is 6.27. The number of methoxy groups -OCH3 is 1. The number of aromatic amines is 1. The fourth-order valence-electron chi connectivity index (χ4n) is 2.22. The van der Waals surface area contributed by atoms with Crippen LogP contribution in [-0.4, -0.2) is 35.1 Å². The van der Waals surface area contributed by atoms with Crippen molar-refractivity contribution in [2.24, 2.45) is 5.10 Å². The van der Waals surface area contributed by atoms with Crippen molar-refractivity contribution >= 4 is 12.0 Å². The van der Waals surface area contributed by atoms with Gasteiger partial charge in [-0.1, -0.05) is 26.8 Å². The Kier molecular flexibility index (Phi) is 5.74. The Morgan fingerprint density at radius 2 is 2.12 bits per heavy atom. The molecule has 8 nitrogen and oxygen atoms in total. The smallest absolute Gasteiger partial charge is 0.363 e. The summed E-state index contributed by atoms with van der Waals surface area (Å²) in [6.45, 7) is 8.35. The molecule has 0 aliphatic heterocycles. The van der Waals surface area contributed by atoms with E-state index in [1.165, 1.54) is 0 Å². The normalized spacial score (nSPS) is 11.6. The summed E-state index contributed by atoms with van der Waals surface area (Å²) in [5.74, 6) is 1.54. The summed E-state index contributed by atoms with van der Waals surface area (Å²) >= 11 is 0. The first-order valence-corrected chi connectivity index (χ1v) is 7.93. The Balaban J connectivity index is 2.29. The Hall–Kier alpha value is -2.90. The van der Waals surface area contributed by atoms with E-state index < -0.39 is 5.69 Å². The van der Waals surface area contributed by atoms with Gasteiger partial charge >= 0.3 is 5.69 Å². The predicted octanol–water partition coefficient (Wildman–Crippen LogP) is 2.32. The van der Waals surface area contributed by atoms with Crippen molar-refractivity contribution in [3.05, 3.63) is 39.9 Å². The Morgan fingerprint density at radius 3 is 2.76 bits per heavy atom. The highest BCUT2D eigenvalue weighted by atomic mass is 16.5. The van der Waals surface area contributed by atoms with Gasteiger partial charge in [-0.25, -0.2) is 9.89 Å². The first-order chi connectivity index (χ1) is 11.9. The highest BCUT2D eigenvalue weighted by Crippen LogP contribution is 2.30. The van der Waals surface area contributed by atoms with E-state index in [0.717, 1.165) is 5.56 Å². The van der Waals surface area contributed by atoms with Crippen LogP contribution < -0.4 is 20.6 Å².